The van der Waals surface area contributed by atoms with Gasteiger partial charge >= 0.3 is 12.2 Å². The highest BCUT2D eigenvalue weighted by Gasteiger charge is 2.34. The van der Waals surface area contributed by atoms with Crippen LogP contribution in [0.15, 0.2) is 4.42 Å². The molecule has 0 bridgehead atoms. The lowest BCUT2D eigenvalue weighted by molar-refractivity contribution is -0.121. The van der Waals surface area contributed by atoms with Crippen LogP contribution in [-0.4, -0.2) is 49.2 Å². The molecule has 0 amide bonds. The van der Waals surface area contributed by atoms with Gasteiger partial charge in [0, 0.05) is 19.7 Å². The molecule has 20 heavy (non-hydrogen) atoms. The standard InChI is InChI=1S/C11H19F3N4O2/c1-8(2)18(7-11(12,13)14)10-17-16-9(20-10)6-15-4-5-19-3/h8,15H,4-7H2,1-3H3. The molecule has 0 saturated heterocycles. The van der Waals surface area contributed by atoms with Gasteiger partial charge in [0.25, 0.3) is 0 Å². The van der Waals surface area contributed by atoms with E-state index >= 15 is 0 Å². The summed E-state index contributed by atoms with van der Waals surface area (Å²) in [6, 6.07) is -0.521. The molecule has 1 N–H and O–H groups in total. The fraction of sp³-hybridized carbons (Fsp3) is 0.818. The highest BCUT2D eigenvalue weighted by atomic mass is 19.4. The lowest BCUT2D eigenvalue weighted by atomic mass is 10.3. The average Bonchev–Trinajstić information content (AvgIpc) is 2.79. The molecular weight excluding hydrogens is 277 g/mol. The van der Waals surface area contributed by atoms with Crippen molar-refractivity contribution in [2.45, 2.75) is 32.6 Å². The molecule has 0 aliphatic heterocycles. The Morgan fingerprint density at radius 2 is 2.05 bits per heavy atom. The molecule has 116 valence electrons. The van der Waals surface area contributed by atoms with Gasteiger partial charge in [-0.15, -0.1) is 5.10 Å². The number of alkyl halides is 3. The van der Waals surface area contributed by atoms with Crippen LogP contribution in [0.2, 0.25) is 0 Å². The van der Waals surface area contributed by atoms with Gasteiger partial charge in [0.05, 0.1) is 13.2 Å². The molecule has 9 heteroatoms. The molecule has 0 unspecified atom stereocenters. The Morgan fingerprint density at radius 3 is 2.60 bits per heavy atom. The molecule has 0 fully saturated rings. The number of ether oxygens (including phenoxy) is 1. The predicted molar refractivity (Wildman–Crippen MR) is 66.4 cm³/mol. The molecule has 0 spiro atoms. The molecule has 1 heterocycles. The largest absolute Gasteiger partial charge is 0.407 e. The van der Waals surface area contributed by atoms with Crippen LogP contribution in [-0.2, 0) is 11.3 Å². The first-order valence-corrected chi connectivity index (χ1v) is 6.19. The zero-order valence-electron chi connectivity index (χ0n) is 11.7. The van der Waals surface area contributed by atoms with Crippen molar-refractivity contribution in [3.05, 3.63) is 5.89 Å². The van der Waals surface area contributed by atoms with E-state index in [1.54, 1.807) is 21.0 Å². The van der Waals surface area contributed by atoms with E-state index in [4.69, 9.17) is 9.15 Å². The molecule has 0 atom stereocenters. The number of hydrogen-bond donors (Lipinski definition) is 1. The SMILES string of the molecule is COCCNCc1nnc(N(CC(F)(F)F)C(C)C)o1. The molecule has 1 aromatic heterocycles. The second-order valence-electron chi connectivity index (χ2n) is 4.48. The number of anilines is 1. The number of aromatic nitrogens is 2. The van der Waals surface area contributed by atoms with Crippen LogP contribution in [0, 0.1) is 0 Å². The van der Waals surface area contributed by atoms with E-state index in [0.717, 1.165) is 4.90 Å². The van der Waals surface area contributed by atoms with Crippen LogP contribution < -0.4 is 10.2 Å². The summed E-state index contributed by atoms with van der Waals surface area (Å²) in [6.45, 7) is 3.54. The van der Waals surface area contributed by atoms with Crippen molar-refractivity contribution in [1.82, 2.24) is 15.5 Å². The summed E-state index contributed by atoms with van der Waals surface area (Å²) in [5.41, 5.74) is 0. The van der Waals surface area contributed by atoms with E-state index in [1.165, 1.54) is 0 Å². The van der Waals surface area contributed by atoms with E-state index in [9.17, 15) is 13.2 Å². The van der Waals surface area contributed by atoms with Crippen molar-refractivity contribution < 1.29 is 22.3 Å². The first-order valence-electron chi connectivity index (χ1n) is 6.19. The third kappa shape index (κ3) is 5.74. The zero-order chi connectivity index (χ0) is 15.2. The predicted octanol–water partition coefficient (Wildman–Crippen LogP) is 1.58. The molecule has 0 saturated carbocycles. The molecule has 0 aromatic carbocycles. The van der Waals surface area contributed by atoms with Crippen molar-refractivity contribution in [2.75, 3.05) is 31.7 Å². The van der Waals surface area contributed by atoms with E-state index < -0.39 is 18.8 Å². The van der Waals surface area contributed by atoms with E-state index in [2.05, 4.69) is 15.5 Å². The summed E-state index contributed by atoms with van der Waals surface area (Å²) in [5, 5.41) is 10.3. The average molecular weight is 296 g/mol. The maximum Gasteiger partial charge on any atom is 0.406 e. The Balaban J connectivity index is 2.62. The number of methoxy groups -OCH3 is 1. The molecule has 1 aromatic rings. The summed E-state index contributed by atoms with van der Waals surface area (Å²) in [4.78, 5) is 1.02. The lowest BCUT2D eigenvalue weighted by Crippen LogP contribution is -2.39. The van der Waals surface area contributed by atoms with Gasteiger partial charge in [-0.1, -0.05) is 5.10 Å². The number of rotatable bonds is 8. The van der Waals surface area contributed by atoms with Crippen LogP contribution >= 0.6 is 0 Å². The van der Waals surface area contributed by atoms with Crippen molar-refractivity contribution in [1.29, 1.82) is 0 Å². The maximum absolute atomic E-state index is 12.5. The highest BCUT2D eigenvalue weighted by Crippen LogP contribution is 2.23. The van der Waals surface area contributed by atoms with Crippen LogP contribution in [0.3, 0.4) is 0 Å². The summed E-state index contributed by atoms with van der Waals surface area (Å²) >= 11 is 0. The smallest absolute Gasteiger partial charge is 0.406 e. The minimum Gasteiger partial charge on any atom is -0.407 e. The highest BCUT2D eigenvalue weighted by molar-refractivity contribution is 5.26. The summed E-state index contributed by atoms with van der Waals surface area (Å²) in [6.07, 6.45) is -4.32. The van der Waals surface area contributed by atoms with E-state index in [1.807, 2.05) is 0 Å². The van der Waals surface area contributed by atoms with Gasteiger partial charge < -0.3 is 19.4 Å². The van der Waals surface area contributed by atoms with E-state index in [0.29, 0.717) is 13.2 Å². The molecule has 1 rings (SSSR count). The van der Waals surface area contributed by atoms with Crippen molar-refractivity contribution in [3.63, 3.8) is 0 Å². The fourth-order valence-corrected chi connectivity index (χ4v) is 1.47. The Kier molecular flexibility index (Phi) is 6.21. The normalized spacial score (nSPS) is 12.2. The lowest BCUT2D eigenvalue weighted by Gasteiger charge is -2.25. The van der Waals surface area contributed by atoms with Crippen molar-refractivity contribution in [2.24, 2.45) is 0 Å². The Bertz CT molecular complexity index is 395. The summed E-state index contributed by atoms with van der Waals surface area (Å²) < 4.78 is 47.5. The van der Waals surface area contributed by atoms with Gasteiger partial charge in [0.1, 0.15) is 6.54 Å². The Hall–Kier alpha value is -1.35. The first kappa shape index (κ1) is 16.7. The monoisotopic (exact) mass is 296 g/mol. The molecule has 0 aliphatic carbocycles. The zero-order valence-corrected chi connectivity index (χ0v) is 11.7. The fourth-order valence-electron chi connectivity index (χ4n) is 1.47. The van der Waals surface area contributed by atoms with Crippen molar-refractivity contribution in [3.8, 4) is 0 Å². The number of hydrogen-bond acceptors (Lipinski definition) is 6. The minimum atomic E-state index is -4.32. The molecule has 0 aliphatic rings. The third-order valence-electron chi connectivity index (χ3n) is 2.43. The first-order chi connectivity index (χ1) is 9.33. The van der Waals surface area contributed by atoms with Gasteiger partial charge in [-0.05, 0) is 13.8 Å². The van der Waals surface area contributed by atoms with Gasteiger partial charge in [-0.2, -0.15) is 13.2 Å². The van der Waals surface area contributed by atoms with Gasteiger partial charge in [0.2, 0.25) is 5.89 Å². The Morgan fingerprint density at radius 1 is 1.35 bits per heavy atom. The topological polar surface area (TPSA) is 63.4 Å². The van der Waals surface area contributed by atoms with Crippen LogP contribution in [0.25, 0.3) is 0 Å². The van der Waals surface area contributed by atoms with Crippen LogP contribution in [0.4, 0.5) is 19.2 Å². The second-order valence-corrected chi connectivity index (χ2v) is 4.48. The number of nitrogens with zero attached hydrogens (tertiary/aromatic N) is 3. The quantitative estimate of drug-likeness (QED) is 0.735. The van der Waals surface area contributed by atoms with Crippen LogP contribution in [0.1, 0.15) is 19.7 Å². The maximum atomic E-state index is 12.5. The molecular formula is C11H19F3N4O2. The van der Waals surface area contributed by atoms with Crippen LogP contribution in [0.5, 0.6) is 0 Å². The molecule has 6 nitrogen and oxygen atoms in total. The van der Waals surface area contributed by atoms with Gasteiger partial charge in [-0.25, -0.2) is 0 Å². The Labute approximate surface area is 115 Å². The van der Waals surface area contributed by atoms with Gasteiger partial charge in [0.15, 0.2) is 0 Å². The molecule has 0 radical (unpaired) electrons. The van der Waals surface area contributed by atoms with Gasteiger partial charge in [-0.3, -0.25) is 0 Å². The van der Waals surface area contributed by atoms with E-state index in [-0.39, 0.29) is 18.5 Å². The second kappa shape index (κ2) is 7.44. The minimum absolute atomic E-state index is 0.124. The summed E-state index contributed by atoms with van der Waals surface area (Å²) in [5.74, 6) is 0.240. The third-order valence-corrected chi connectivity index (χ3v) is 2.43. The number of halogens is 3. The number of nitrogens with one attached hydrogen (secondary N) is 1. The van der Waals surface area contributed by atoms with Crippen molar-refractivity contribution >= 4 is 6.01 Å². The summed E-state index contributed by atoms with van der Waals surface area (Å²) in [7, 11) is 1.57.